The van der Waals surface area contributed by atoms with Crippen LogP contribution in [0.1, 0.15) is 0 Å². The summed E-state index contributed by atoms with van der Waals surface area (Å²) in [6.45, 7) is 3.16. The van der Waals surface area contributed by atoms with Gasteiger partial charge in [0.2, 0.25) is 0 Å². The molecule has 0 aromatic carbocycles. The highest BCUT2D eigenvalue weighted by molar-refractivity contribution is 6.27. The Kier molecular flexibility index (Phi) is 11.8. The number of halogens is 2. The molecule has 1 N–H and O–H groups in total. The molecule has 0 aromatic rings. The van der Waals surface area contributed by atoms with Gasteiger partial charge in [-0.2, -0.15) is 0 Å². The first kappa shape index (κ1) is 13.3. The largest absolute Gasteiger partial charge is 0.466 e. The smallest absolute Gasteiger partial charge is 0.329 e. The minimum Gasteiger partial charge on any atom is -0.466 e. The molecule has 1 atom stereocenters. The third kappa shape index (κ3) is 17.7. The molecule has 0 bridgehead atoms. The third-order valence-corrected chi connectivity index (χ3v) is 1.10. The normalized spacial score (nSPS) is 10.5. The lowest BCUT2D eigenvalue weighted by Crippen LogP contribution is -1.93. The summed E-state index contributed by atoms with van der Waals surface area (Å²) in [5.74, 6) is -0.295. The first-order valence-corrected chi connectivity index (χ1v) is 3.64. The Morgan fingerprint density at radius 3 is 2.27 bits per heavy atom. The minimum absolute atomic E-state index is 0.0988. The highest BCUT2D eigenvalue weighted by Gasteiger charge is 1.87. The maximum atomic E-state index is 9.84. The molecule has 0 aromatic heterocycles. The maximum Gasteiger partial charge on any atom is 0.329 e. The van der Waals surface area contributed by atoms with Gasteiger partial charge in [-0.15, -0.1) is 11.6 Å². The van der Waals surface area contributed by atoms with E-state index in [9.17, 15) is 4.79 Å². The lowest BCUT2D eigenvalue weighted by atomic mass is 10.7. The minimum atomic E-state index is -0.878. The Morgan fingerprint density at radius 1 is 1.91 bits per heavy atom. The van der Waals surface area contributed by atoms with Crippen molar-refractivity contribution in [3.05, 3.63) is 12.7 Å². The van der Waals surface area contributed by atoms with Gasteiger partial charge in [0.15, 0.2) is 0 Å². The van der Waals surface area contributed by atoms with E-state index in [0.29, 0.717) is 0 Å². The number of esters is 1. The average molecular weight is 201 g/mol. The molecule has 0 fully saturated rings. The van der Waals surface area contributed by atoms with Crippen LogP contribution in [-0.4, -0.2) is 29.6 Å². The molecule has 0 spiro atoms. The van der Waals surface area contributed by atoms with Crippen molar-refractivity contribution in [2.24, 2.45) is 0 Å². The lowest BCUT2D eigenvalue weighted by Gasteiger charge is -1.85. The molecular weight excluding hydrogens is 191 g/mol. The van der Waals surface area contributed by atoms with Crippen LogP contribution >= 0.6 is 23.2 Å². The first-order chi connectivity index (χ1) is 5.08. The predicted molar refractivity (Wildman–Crippen MR) is 44.8 cm³/mol. The number of ether oxygens (including phenoxy) is 1. The van der Waals surface area contributed by atoms with E-state index in [2.05, 4.69) is 11.3 Å². The lowest BCUT2D eigenvalue weighted by molar-refractivity contribution is -0.134. The van der Waals surface area contributed by atoms with Gasteiger partial charge in [-0.3, -0.25) is 0 Å². The summed E-state index contributed by atoms with van der Waals surface area (Å²) in [5, 5.41) is 7.99. The highest BCUT2D eigenvalue weighted by Crippen LogP contribution is 1.89. The number of hydrogen-bond donors (Lipinski definition) is 1. The fraction of sp³-hybridized carbons (Fsp3) is 0.500. The number of alkyl halides is 2. The Balaban J connectivity index is 0. The number of carbonyl (C=O) groups excluding carboxylic acids is 1. The molecular formula is C6H10Cl2O3. The van der Waals surface area contributed by atoms with Crippen LogP contribution in [0, 0.1) is 0 Å². The molecule has 0 aliphatic rings. The molecule has 3 nitrogen and oxygen atoms in total. The first-order valence-electron chi connectivity index (χ1n) is 2.67. The van der Waals surface area contributed by atoms with E-state index >= 15 is 0 Å². The van der Waals surface area contributed by atoms with Crippen LogP contribution in [0.5, 0.6) is 0 Å². The van der Waals surface area contributed by atoms with Gasteiger partial charge >= 0.3 is 5.97 Å². The maximum absolute atomic E-state index is 9.84. The van der Waals surface area contributed by atoms with Gasteiger partial charge in [-0.25, -0.2) is 4.79 Å². The van der Waals surface area contributed by atoms with Crippen LogP contribution in [0.25, 0.3) is 0 Å². The van der Waals surface area contributed by atoms with Gasteiger partial charge in [0.25, 0.3) is 0 Å². The van der Waals surface area contributed by atoms with E-state index in [1.807, 2.05) is 0 Å². The van der Waals surface area contributed by atoms with Crippen molar-refractivity contribution >= 4 is 29.2 Å². The molecule has 0 rings (SSSR count). The zero-order valence-corrected chi connectivity index (χ0v) is 7.60. The quantitative estimate of drug-likeness (QED) is 0.413. The van der Waals surface area contributed by atoms with E-state index in [-0.39, 0.29) is 5.88 Å². The van der Waals surface area contributed by atoms with Crippen molar-refractivity contribution in [1.82, 2.24) is 0 Å². The van der Waals surface area contributed by atoms with Gasteiger partial charge in [0.1, 0.15) is 5.56 Å². The summed E-state index contributed by atoms with van der Waals surface area (Å²) in [5.41, 5.74) is -0.878. The van der Waals surface area contributed by atoms with E-state index in [1.165, 1.54) is 7.11 Å². The van der Waals surface area contributed by atoms with Crippen LogP contribution in [-0.2, 0) is 9.53 Å². The zero-order chi connectivity index (χ0) is 9.28. The molecule has 1 unspecified atom stereocenters. The molecule has 0 aliphatic heterocycles. The number of methoxy groups -OCH3 is 1. The van der Waals surface area contributed by atoms with Crippen molar-refractivity contribution < 1.29 is 14.6 Å². The number of rotatable bonds is 2. The van der Waals surface area contributed by atoms with Crippen LogP contribution < -0.4 is 0 Å². The fourth-order valence-electron chi connectivity index (χ4n) is 0.0833. The second-order valence-corrected chi connectivity index (χ2v) is 2.13. The van der Waals surface area contributed by atoms with E-state index in [0.717, 1.165) is 6.08 Å². The number of aliphatic hydroxyl groups is 1. The summed E-state index contributed by atoms with van der Waals surface area (Å²) in [6, 6.07) is 0. The van der Waals surface area contributed by atoms with Crippen molar-refractivity contribution in [3.8, 4) is 0 Å². The van der Waals surface area contributed by atoms with Crippen LogP contribution in [0.3, 0.4) is 0 Å². The Bertz CT molecular complexity index is 114. The summed E-state index contributed by atoms with van der Waals surface area (Å²) in [7, 11) is 1.31. The van der Waals surface area contributed by atoms with Gasteiger partial charge in [-0.1, -0.05) is 18.2 Å². The standard InChI is InChI=1S/C4H6O2.C2H4Cl2O/c1-3-4(5)6-2;3-1-2(4)5/h3H,1H2,2H3;2,5H,1H2. The van der Waals surface area contributed by atoms with Crippen LogP contribution in [0.4, 0.5) is 0 Å². The summed E-state index contributed by atoms with van der Waals surface area (Å²) in [6.07, 6.45) is 1.11. The Morgan fingerprint density at radius 2 is 2.27 bits per heavy atom. The SMILES string of the molecule is C=CC(=O)OC.OC(Cl)CCl. The van der Waals surface area contributed by atoms with Gasteiger partial charge in [0, 0.05) is 6.08 Å². The number of hydrogen-bond acceptors (Lipinski definition) is 3. The zero-order valence-electron chi connectivity index (χ0n) is 6.09. The van der Waals surface area contributed by atoms with Gasteiger partial charge in [-0.05, 0) is 0 Å². The van der Waals surface area contributed by atoms with Crippen LogP contribution in [0.15, 0.2) is 12.7 Å². The summed E-state index contributed by atoms with van der Waals surface area (Å²) < 4.78 is 4.14. The highest BCUT2D eigenvalue weighted by atomic mass is 35.5. The van der Waals surface area contributed by atoms with Gasteiger partial charge < -0.3 is 9.84 Å². The molecule has 0 amide bonds. The van der Waals surface area contributed by atoms with E-state index in [4.69, 9.17) is 28.3 Å². The third-order valence-electron chi connectivity index (χ3n) is 0.495. The predicted octanol–water partition coefficient (Wildman–Crippen LogP) is 1.13. The van der Waals surface area contributed by atoms with Crippen molar-refractivity contribution in [2.45, 2.75) is 5.56 Å². The molecule has 66 valence electrons. The van der Waals surface area contributed by atoms with E-state index in [1.54, 1.807) is 0 Å². The average Bonchev–Trinajstić information content (AvgIpc) is 2.04. The molecule has 0 heterocycles. The van der Waals surface area contributed by atoms with E-state index < -0.39 is 11.5 Å². The van der Waals surface area contributed by atoms with Crippen molar-refractivity contribution in [2.75, 3.05) is 13.0 Å². The summed E-state index contributed by atoms with van der Waals surface area (Å²) in [4.78, 5) is 9.84. The summed E-state index contributed by atoms with van der Waals surface area (Å²) >= 11 is 9.84. The molecule has 11 heavy (non-hydrogen) atoms. The molecule has 0 saturated heterocycles. The topological polar surface area (TPSA) is 46.5 Å². The van der Waals surface area contributed by atoms with Crippen LogP contribution in [0.2, 0.25) is 0 Å². The second kappa shape index (κ2) is 9.75. The number of carbonyl (C=O) groups is 1. The molecule has 5 heteroatoms. The Hall–Kier alpha value is -0.250. The van der Waals surface area contributed by atoms with Crippen molar-refractivity contribution in [3.63, 3.8) is 0 Å². The molecule has 0 radical (unpaired) electrons. The monoisotopic (exact) mass is 200 g/mol. The number of aliphatic hydroxyl groups excluding tert-OH is 1. The molecule has 0 aliphatic carbocycles. The van der Waals surface area contributed by atoms with Crippen molar-refractivity contribution in [1.29, 1.82) is 0 Å². The fourth-order valence-corrected chi connectivity index (χ4v) is 0.0833. The Labute approximate surface area is 75.6 Å². The molecule has 0 saturated carbocycles. The van der Waals surface area contributed by atoms with Gasteiger partial charge in [0.05, 0.1) is 13.0 Å². The second-order valence-electron chi connectivity index (χ2n) is 1.32.